The summed E-state index contributed by atoms with van der Waals surface area (Å²) in [5.74, 6) is 0.533. The van der Waals surface area contributed by atoms with Gasteiger partial charge in [0.05, 0.1) is 0 Å². The number of allylic oxidation sites excluding steroid dienone is 1. The highest BCUT2D eigenvalue weighted by molar-refractivity contribution is 6.31. The molecule has 0 bridgehead atoms. The van der Waals surface area contributed by atoms with E-state index in [-0.39, 0.29) is 0 Å². The van der Waals surface area contributed by atoms with Gasteiger partial charge in [0.15, 0.2) is 0 Å². The second kappa shape index (κ2) is 4.54. The summed E-state index contributed by atoms with van der Waals surface area (Å²) >= 11 is 11.4. The third-order valence-corrected chi connectivity index (χ3v) is 2.18. The maximum Gasteiger partial charge on any atom is 0.0441 e. The van der Waals surface area contributed by atoms with Crippen LogP contribution in [-0.2, 0) is 0 Å². The van der Waals surface area contributed by atoms with Crippen molar-refractivity contribution in [1.29, 1.82) is 0 Å². The van der Waals surface area contributed by atoms with Crippen molar-refractivity contribution < 1.29 is 0 Å². The van der Waals surface area contributed by atoms with Gasteiger partial charge in [-0.25, -0.2) is 0 Å². The monoisotopic (exact) mass is 200 g/mol. The second-order valence-electron chi connectivity index (χ2n) is 2.57. The molecule has 0 heterocycles. The fraction of sp³-hybridized carbons (Fsp3) is 0.200. The van der Waals surface area contributed by atoms with Crippen LogP contribution in [-0.4, -0.2) is 5.88 Å². The number of hydrogen-bond acceptors (Lipinski definition) is 0. The van der Waals surface area contributed by atoms with Gasteiger partial charge < -0.3 is 0 Å². The zero-order valence-corrected chi connectivity index (χ0v) is 8.36. The number of alkyl halides is 1. The first kappa shape index (κ1) is 9.63. The third-order valence-electron chi connectivity index (χ3n) is 1.60. The van der Waals surface area contributed by atoms with Crippen LogP contribution in [0.15, 0.2) is 24.3 Å². The predicted octanol–water partition coefficient (Wildman–Crippen LogP) is 3.90. The van der Waals surface area contributed by atoms with Gasteiger partial charge in [-0.05, 0) is 24.1 Å². The van der Waals surface area contributed by atoms with Crippen LogP contribution in [0.2, 0.25) is 5.02 Å². The lowest BCUT2D eigenvalue weighted by Gasteiger charge is -1.98. The van der Waals surface area contributed by atoms with Crippen LogP contribution in [0.3, 0.4) is 0 Å². The second-order valence-corrected chi connectivity index (χ2v) is 3.28. The molecule has 1 rings (SSSR count). The fourth-order valence-corrected chi connectivity index (χ4v) is 1.17. The van der Waals surface area contributed by atoms with Crippen molar-refractivity contribution in [3.8, 4) is 0 Å². The van der Waals surface area contributed by atoms with E-state index in [9.17, 15) is 0 Å². The maximum atomic E-state index is 5.93. The molecule has 1 aromatic carbocycles. The number of aryl methyl sites for hydroxylation is 1. The Morgan fingerprint density at radius 2 is 2.17 bits per heavy atom. The Labute approximate surface area is 82.8 Å². The minimum atomic E-state index is 0.533. The van der Waals surface area contributed by atoms with E-state index in [4.69, 9.17) is 23.2 Å². The van der Waals surface area contributed by atoms with Crippen molar-refractivity contribution in [1.82, 2.24) is 0 Å². The Bertz CT molecular complexity index is 290. The van der Waals surface area contributed by atoms with Gasteiger partial charge in [-0.15, -0.1) is 11.6 Å². The minimum Gasteiger partial charge on any atom is -0.122 e. The lowest BCUT2D eigenvalue weighted by atomic mass is 10.1. The Morgan fingerprint density at radius 3 is 2.75 bits per heavy atom. The quantitative estimate of drug-likeness (QED) is 0.636. The summed E-state index contributed by atoms with van der Waals surface area (Å²) in [5.41, 5.74) is 2.19. The summed E-state index contributed by atoms with van der Waals surface area (Å²) < 4.78 is 0. The van der Waals surface area contributed by atoms with Gasteiger partial charge in [0.2, 0.25) is 0 Å². The SMILES string of the molecule is Cc1ccc(/C=C/CCl)cc1Cl. The summed E-state index contributed by atoms with van der Waals surface area (Å²) in [4.78, 5) is 0. The molecule has 0 nitrogen and oxygen atoms in total. The van der Waals surface area contributed by atoms with Crippen molar-refractivity contribution in [2.45, 2.75) is 6.92 Å². The molecule has 0 atom stereocenters. The van der Waals surface area contributed by atoms with Gasteiger partial charge in [-0.1, -0.05) is 35.9 Å². The average molecular weight is 201 g/mol. The van der Waals surface area contributed by atoms with E-state index < -0.39 is 0 Å². The Morgan fingerprint density at radius 1 is 1.42 bits per heavy atom. The van der Waals surface area contributed by atoms with Crippen LogP contribution in [0.25, 0.3) is 6.08 Å². The highest BCUT2D eigenvalue weighted by atomic mass is 35.5. The topological polar surface area (TPSA) is 0 Å². The zero-order valence-electron chi connectivity index (χ0n) is 6.85. The molecule has 0 aliphatic carbocycles. The summed E-state index contributed by atoms with van der Waals surface area (Å²) in [6.45, 7) is 1.98. The molecule has 0 spiro atoms. The average Bonchev–Trinajstić information content (AvgIpc) is 2.07. The van der Waals surface area contributed by atoms with Crippen molar-refractivity contribution in [3.63, 3.8) is 0 Å². The van der Waals surface area contributed by atoms with E-state index in [2.05, 4.69) is 0 Å². The molecule has 1 aromatic rings. The predicted molar refractivity (Wildman–Crippen MR) is 55.9 cm³/mol. The van der Waals surface area contributed by atoms with E-state index >= 15 is 0 Å². The number of halogens is 2. The van der Waals surface area contributed by atoms with Gasteiger partial charge in [0.1, 0.15) is 0 Å². The molecule has 12 heavy (non-hydrogen) atoms. The molecule has 0 aliphatic rings. The van der Waals surface area contributed by atoms with Gasteiger partial charge in [0, 0.05) is 10.9 Å². The Kier molecular flexibility index (Phi) is 3.64. The lowest BCUT2D eigenvalue weighted by Crippen LogP contribution is -1.77. The van der Waals surface area contributed by atoms with Crippen LogP contribution in [0.4, 0.5) is 0 Å². The Balaban J connectivity index is 2.89. The number of benzene rings is 1. The maximum absolute atomic E-state index is 5.93. The molecule has 0 unspecified atom stereocenters. The fourth-order valence-electron chi connectivity index (χ4n) is 0.893. The highest BCUT2D eigenvalue weighted by Crippen LogP contribution is 2.17. The van der Waals surface area contributed by atoms with Crippen molar-refractivity contribution >= 4 is 29.3 Å². The molecule has 64 valence electrons. The number of rotatable bonds is 2. The van der Waals surface area contributed by atoms with Crippen molar-refractivity contribution in [3.05, 3.63) is 40.4 Å². The molecule has 0 N–H and O–H groups in total. The van der Waals surface area contributed by atoms with E-state index in [1.807, 2.05) is 37.3 Å². The van der Waals surface area contributed by atoms with Crippen LogP contribution in [0.5, 0.6) is 0 Å². The van der Waals surface area contributed by atoms with Crippen LogP contribution in [0.1, 0.15) is 11.1 Å². The molecule has 0 saturated heterocycles. The highest BCUT2D eigenvalue weighted by Gasteiger charge is 1.93. The summed E-state index contributed by atoms with van der Waals surface area (Å²) in [6.07, 6.45) is 3.85. The first-order valence-corrected chi connectivity index (χ1v) is 4.64. The van der Waals surface area contributed by atoms with Crippen LogP contribution >= 0.6 is 23.2 Å². The summed E-state index contributed by atoms with van der Waals surface area (Å²) in [7, 11) is 0. The number of hydrogen-bond donors (Lipinski definition) is 0. The molecule has 0 fully saturated rings. The van der Waals surface area contributed by atoms with Crippen LogP contribution in [0, 0.1) is 6.92 Å². The normalized spacial score (nSPS) is 10.9. The van der Waals surface area contributed by atoms with Gasteiger partial charge in [-0.2, -0.15) is 0 Å². The molecule has 2 heteroatoms. The largest absolute Gasteiger partial charge is 0.122 e. The van der Waals surface area contributed by atoms with Crippen molar-refractivity contribution in [2.24, 2.45) is 0 Å². The van der Waals surface area contributed by atoms with Crippen LogP contribution < -0.4 is 0 Å². The first-order chi connectivity index (χ1) is 5.74. The molecule has 0 aliphatic heterocycles. The standard InChI is InChI=1S/C10H10Cl2/c1-8-4-5-9(3-2-6-11)7-10(8)12/h2-5,7H,6H2,1H3/b3-2+. The van der Waals surface area contributed by atoms with E-state index in [0.29, 0.717) is 5.88 Å². The summed E-state index contributed by atoms with van der Waals surface area (Å²) in [5, 5.41) is 0.798. The summed E-state index contributed by atoms with van der Waals surface area (Å²) in [6, 6.07) is 5.94. The van der Waals surface area contributed by atoms with Gasteiger partial charge in [0.25, 0.3) is 0 Å². The van der Waals surface area contributed by atoms with Gasteiger partial charge >= 0.3 is 0 Å². The molecule has 0 amide bonds. The lowest BCUT2D eigenvalue weighted by molar-refractivity contribution is 1.46. The van der Waals surface area contributed by atoms with E-state index in [0.717, 1.165) is 16.1 Å². The minimum absolute atomic E-state index is 0.533. The smallest absolute Gasteiger partial charge is 0.0441 e. The zero-order chi connectivity index (χ0) is 8.97. The van der Waals surface area contributed by atoms with E-state index in [1.165, 1.54) is 0 Å². The molecule has 0 saturated carbocycles. The molecular weight excluding hydrogens is 191 g/mol. The van der Waals surface area contributed by atoms with Gasteiger partial charge in [-0.3, -0.25) is 0 Å². The Hall–Kier alpha value is -0.460. The molecular formula is C10H10Cl2. The molecule has 0 aromatic heterocycles. The van der Waals surface area contributed by atoms with Crippen molar-refractivity contribution in [2.75, 3.05) is 5.88 Å². The first-order valence-electron chi connectivity index (χ1n) is 3.72. The third kappa shape index (κ3) is 2.54. The van der Waals surface area contributed by atoms with E-state index in [1.54, 1.807) is 0 Å². The molecule has 0 radical (unpaired) electrons.